The molecule has 1 nitrogen and oxygen atoms in total. The molecule has 9 aromatic rings. The van der Waals surface area contributed by atoms with Crippen molar-refractivity contribution in [2.75, 3.05) is 0 Å². The summed E-state index contributed by atoms with van der Waals surface area (Å²) >= 11 is 0. The molecule has 0 N–H and O–H groups in total. The molecule has 216 valence electrons. The van der Waals surface area contributed by atoms with Gasteiger partial charge in [0.05, 0.1) is 0 Å². The van der Waals surface area contributed by atoms with Gasteiger partial charge in [0, 0.05) is 12.4 Å². The van der Waals surface area contributed by atoms with Gasteiger partial charge in [0.15, 0.2) is 0 Å². The van der Waals surface area contributed by atoms with E-state index in [1.165, 1.54) is 98.4 Å². The Morgan fingerprint density at radius 3 is 1.39 bits per heavy atom. The van der Waals surface area contributed by atoms with Crippen LogP contribution in [0.25, 0.3) is 87.2 Å². The zero-order valence-corrected chi connectivity index (χ0v) is 25.9. The first-order valence-electron chi connectivity index (χ1n) is 16.0. The van der Waals surface area contributed by atoms with Crippen molar-refractivity contribution < 1.29 is 0 Å². The minimum Gasteiger partial charge on any atom is -0.265 e. The molecule has 0 spiro atoms. The van der Waals surface area contributed by atoms with Crippen LogP contribution in [0.4, 0.5) is 0 Å². The van der Waals surface area contributed by atoms with E-state index in [4.69, 9.17) is 0 Å². The van der Waals surface area contributed by atoms with Gasteiger partial charge in [0.1, 0.15) is 0 Å². The molecule has 0 bridgehead atoms. The largest absolute Gasteiger partial charge is 0.265 e. The Labute approximate surface area is 268 Å². The highest BCUT2D eigenvalue weighted by Gasteiger charge is 2.19. The van der Waals surface area contributed by atoms with E-state index < -0.39 is 0 Å². The second-order valence-electron chi connectivity index (χ2n) is 12.4. The number of hydrogen-bond acceptors (Lipinski definition) is 1. The van der Waals surface area contributed by atoms with Gasteiger partial charge in [-0.15, -0.1) is 0 Å². The number of pyridine rings is 1. The van der Waals surface area contributed by atoms with Gasteiger partial charge in [-0.1, -0.05) is 121 Å². The summed E-state index contributed by atoms with van der Waals surface area (Å²) in [6, 6.07) is 51.3. The average Bonchev–Trinajstić information content (AvgIpc) is 3.11. The molecule has 0 fully saturated rings. The smallest absolute Gasteiger partial charge is 0.0273 e. The lowest BCUT2D eigenvalue weighted by molar-refractivity contribution is 1.33. The summed E-state index contributed by atoms with van der Waals surface area (Å²) in [4.78, 5) is 4.30. The van der Waals surface area contributed by atoms with Crippen LogP contribution in [0.1, 0.15) is 11.1 Å². The summed E-state index contributed by atoms with van der Waals surface area (Å²) < 4.78 is 0. The quantitative estimate of drug-likeness (QED) is 0.148. The van der Waals surface area contributed by atoms with Crippen LogP contribution in [0.3, 0.4) is 0 Å². The van der Waals surface area contributed by atoms with E-state index >= 15 is 0 Å². The zero-order valence-electron chi connectivity index (χ0n) is 25.9. The molecule has 0 atom stereocenters. The van der Waals surface area contributed by atoms with Gasteiger partial charge in [-0.2, -0.15) is 0 Å². The van der Waals surface area contributed by atoms with E-state index in [1.807, 2.05) is 12.4 Å². The fourth-order valence-electron chi connectivity index (χ4n) is 7.80. The molecule has 0 unspecified atom stereocenters. The first-order valence-corrected chi connectivity index (χ1v) is 16.0. The van der Waals surface area contributed by atoms with E-state index in [0.717, 1.165) is 0 Å². The second-order valence-corrected chi connectivity index (χ2v) is 12.4. The molecule has 0 aliphatic carbocycles. The van der Waals surface area contributed by atoms with Crippen molar-refractivity contribution in [2.24, 2.45) is 0 Å². The predicted molar refractivity (Wildman–Crippen MR) is 198 cm³/mol. The number of nitrogens with zero attached hydrogens (tertiary/aromatic N) is 1. The van der Waals surface area contributed by atoms with E-state index in [2.05, 4.69) is 158 Å². The van der Waals surface area contributed by atoms with Gasteiger partial charge in [-0.25, -0.2) is 0 Å². The Morgan fingerprint density at radius 1 is 0.370 bits per heavy atom. The van der Waals surface area contributed by atoms with Gasteiger partial charge in [-0.3, -0.25) is 4.98 Å². The van der Waals surface area contributed by atoms with Crippen molar-refractivity contribution >= 4 is 53.9 Å². The van der Waals surface area contributed by atoms with Gasteiger partial charge >= 0.3 is 0 Å². The molecule has 1 aromatic heterocycles. The summed E-state index contributed by atoms with van der Waals surface area (Å²) in [6.07, 6.45) is 3.77. The van der Waals surface area contributed by atoms with Crippen molar-refractivity contribution in [1.82, 2.24) is 4.98 Å². The van der Waals surface area contributed by atoms with E-state index in [1.54, 1.807) is 0 Å². The zero-order chi connectivity index (χ0) is 30.8. The van der Waals surface area contributed by atoms with Crippen LogP contribution in [-0.4, -0.2) is 4.98 Å². The molecular formula is C45H31N. The summed E-state index contributed by atoms with van der Waals surface area (Å²) in [7, 11) is 0. The van der Waals surface area contributed by atoms with Crippen LogP contribution in [0.2, 0.25) is 0 Å². The topological polar surface area (TPSA) is 12.9 Å². The average molecular weight is 586 g/mol. The van der Waals surface area contributed by atoms with Crippen molar-refractivity contribution in [3.63, 3.8) is 0 Å². The third-order valence-electron chi connectivity index (χ3n) is 9.89. The van der Waals surface area contributed by atoms with Crippen molar-refractivity contribution in [3.05, 3.63) is 163 Å². The monoisotopic (exact) mass is 585 g/mol. The third-order valence-corrected chi connectivity index (χ3v) is 9.89. The maximum Gasteiger partial charge on any atom is 0.0273 e. The van der Waals surface area contributed by atoms with Crippen molar-refractivity contribution in [2.45, 2.75) is 13.8 Å². The molecule has 0 saturated heterocycles. The van der Waals surface area contributed by atoms with Crippen molar-refractivity contribution in [3.8, 4) is 33.4 Å². The minimum absolute atomic E-state index is 1.19. The summed E-state index contributed by atoms with van der Waals surface area (Å²) in [6.45, 7) is 4.54. The highest BCUT2D eigenvalue weighted by molar-refractivity contribution is 6.27. The second kappa shape index (κ2) is 10.4. The molecule has 8 aromatic carbocycles. The lowest BCUT2D eigenvalue weighted by Crippen LogP contribution is -1.94. The fourth-order valence-corrected chi connectivity index (χ4v) is 7.80. The van der Waals surface area contributed by atoms with Crippen molar-refractivity contribution in [1.29, 1.82) is 0 Å². The summed E-state index contributed by atoms with van der Waals surface area (Å²) in [5.41, 5.74) is 10.1. The molecule has 46 heavy (non-hydrogen) atoms. The molecule has 0 aliphatic rings. The van der Waals surface area contributed by atoms with Crippen LogP contribution in [-0.2, 0) is 0 Å². The van der Waals surface area contributed by atoms with E-state index in [9.17, 15) is 0 Å². The number of fused-ring (bicyclic) bond motifs is 8. The molecular weight excluding hydrogens is 555 g/mol. The Bertz CT molecular complexity index is 2560. The van der Waals surface area contributed by atoms with Gasteiger partial charge in [-0.05, 0) is 130 Å². The molecule has 9 rings (SSSR count). The third kappa shape index (κ3) is 3.92. The maximum atomic E-state index is 4.30. The fraction of sp³-hybridized carbons (Fsp3) is 0.0444. The van der Waals surface area contributed by atoms with Crippen LogP contribution in [0, 0.1) is 13.8 Å². The van der Waals surface area contributed by atoms with Gasteiger partial charge in [0.2, 0.25) is 0 Å². The highest BCUT2D eigenvalue weighted by Crippen LogP contribution is 2.45. The number of aromatic nitrogens is 1. The van der Waals surface area contributed by atoms with Gasteiger partial charge < -0.3 is 0 Å². The van der Waals surface area contributed by atoms with E-state index in [0.29, 0.717) is 0 Å². The normalized spacial score (nSPS) is 11.7. The number of benzene rings is 8. The Hall–Kier alpha value is -5.79. The van der Waals surface area contributed by atoms with Crippen LogP contribution < -0.4 is 0 Å². The SMILES string of the molecule is Cc1ccc(-c2c3ccccc3c(-c3ccncc3)c3ccccc23)cc1-c1ccc2c3ccccc3c3ccccc3c2c1C. The van der Waals surface area contributed by atoms with Crippen LogP contribution in [0.15, 0.2) is 152 Å². The number of aryl methyl sites for hydroxylation is 2. The Morgan fingerprint density at radius 2 is 0.826 bits per heavy atom. The number of hydrogen-bond donors (Lipinski definition) is 0. The minimum atomic E-state index is 1.19. The van der Waals surface area contributed by atoms with Crippen LogP contribution in [0.5, 0.6) is 0 Å². The molecule has 0 aliphatic heterocycles. The van der Waals surface area contributed by atoms with Crippen LogP contribution >= 0.6 is 0 Å². The highest BCUT2D eigenvalue weighted by atomic mass is 14.6. The Balaban J connectivity index is 1.34. The molecule has 0 saturated carbocycles. The predicted octanol–water partition coefficient (Wildman–Crippen LogP) is 12.5. The first kappa shape index (κ1) is 26.6. The molecule has 1 heteroatoms. The molecule has 1 heterocycles. The molecule has 0 amide bonds. The Kier molecular flexibility index (Phi) is 6.01. The summed E-state index contributed by atoms with van der Waals surface area (Å²) in [5, 5.41) is 12.9. The number of rotatable bonds is 3. The standard InChI is InChI=1S/C45H31N/c1-28-19-20-31(45-39-17-9-7-15-37(39)44(30-23-25-46-26-24-30)38-16-8-10-18-40(38)45)27-42(28)32-21-22-41-35-13-4-3-11-33(35)34-12-5-6-14-36(34)43(41)29(32)2/h3-27H,1-2H3. The lowest BCUT2D eigenvalue weighted by Gasteiger charge is -2.20. The first-order chi connectivity index (χ1) is 22.7. The molecule has 0 radical (unpaired) electrons. The summed E-state index contributed by atoms with van der Waals surface area (Å²) in [5.74, 6) is 0. The van der Waals surface area contributed by atoms with Gasteiger partial charge in [0.25, 0.3) is 0 Å². The lowest BCUT2D eigenvalue weighted by atomic mass is 9.84. The van der Waals surface area contributed by atoms with E-state index in [-0.39, 0.29) is 0 Å². The maximum absolute atomic E-state index is 4.30.